The lowest BCUT2D eigenvalue weighted by atomic mass is 9.98. The van der Waals surface area contributed by atoms with Gasteiger partial charge < -0.3 is 4.40 Å². The van der Waals surface area contributed by atoms with Crippen LogP contribution in [0, 0.1) is 13.8 Å². The van der Waals surface area contributed by atoms with E-state index in [-0.39, 0.29) is 0 Å². The molecule has 0 unspecified atom stereocenters. The molecular formula is C22H19N. The number of benzene rings is 2. The number of hydrogen-bond acceptors (Lipinski definition) is 0. The summed E-state index contributed by atoms with van der Waals surface area (Å²) in [6.07, 6.45) is 2.19. The molecule has 23 heavy (non-hydrogen) atoms. The lowest BCUT2D eigenvalue weighted by molar-refractivity contribution is 1.18. The Morgan fingerprint density at radius 3 is 1.96 bits per heavy atom. The van der Waals surface area contributed by atoms with Gasteiger partial charge in [0.05, 0.1) is 5.69 Å². The summed E-state index contributed by atoms with van der Waals surface area (Å²) in [5, 5.41) is 0. The fraction of sp³-hybridized carbons (Fsp3) is 0.0909. The maximum Gasteiger partial charge on any atom is 0.0609 e. The molecule has 2 aromatic heterocycles. The third-order valence-electron chi connectivity index (χ3n) is 4.46. The minimum Gasteiger partial charge on any atom is -0.316 e. The normalized spacial score (nSPS) is 11.0. The van der Waals surface area contributed by atoms with Crippen LogP contribution in [0.25, 0.3) is 27.9 Å². The van der Waals surface area contributed by atoms with Crippen LogP contribution in [0.15, 0.2) is 79.0 Å². The first-order valence-electron chi connectivity index (χ1n) is 7.98. The second kappa shape index (κ2) is 5.44. The van der Waals surface area contributed by atoms with E-state index in [0.717, 1.165) is 0 Å². The molecule has 4 rings (SSSR count). The highest BCUT2D eigenvalue weighted by molar-refractivity contribution is 5.90. The summed E-state index contributed by atoms with van der Waals surface area (Å²) in [5.74, 6) is 0. The van der Waals surface area contributed by atoms with Crippen LogP contribution in [0.4, 0.5) is 0 Å². The van der Waals surface area contributed by atoms with Crippen LogP contribution in [0.1, 0.15) is 11.1 Å². The average molecular weight is 297 g/mol. The van der Waals surface area contributed by atoms with Crippen molar-refractivity contribution in [2.45, 2.75) is 13.8 Å². The second-order valence-corrected chi connectivity index (χ2v) is 6.04. The SMILES string of the molecule is Cc1ccn2c(-c3ccccc3)c(-c3ccccc3)c(C)c2c1. The molecule has 1 nitrogen and oxygen atoms in total. The highest BCUT2D eigenvalue weighted by Gasteiger charge is 2.17. The Labute approximate surface area is 136 Å². The third kappa shape index (κ3) is 2.25. The molecule has 0 amide bonds. The van der Waals surface area contributed by atoms with Gasteiger partial charge in [-0.1, -0.05) is 60.7 Å². The van der Waals surface area contributed by atoms with Gasteiger partial charge in [-0.15, -0.1) is 0 Å². The number of fused-ring (bicyclic) bond motifs is 1. The van der Waals surface area contributed by atoms with Crippen molar-refractivity contribution in [3.05, 3.63) is 90.1 Å². The molecule has 0 spiro atoms. The second-order valence-electron chi connectivity index (χ2n) is 6.04. The number of aromatic nitrogens is 1. The van der Waals surface area contributed by atoms with E-state index >= 15 is 0 Å². The Balaban J connectivity index is 2.14. The number of hydrogen-bond donors (Lipinski definition) is 0. The molecule has 0 saturated carbocycles. The minimum atomic E-state index is 1.25. The molecule has 2 aromatic carbocycles. The summed E-state index contributed by atoms with van der Waals surface area (Å²) in [4.78, 5) is 0. The van der Waals surface area contributed by atoms with E-state index in [1.165, 1.54) is 39.0 Å². The van der Waals surface area contributed by atoms with E-state index in [9.17, 15) is 0 Å². The van der Waals surface area contributed by atoms with Crippen molar-refractivity contribution in [3.63, 3.8) is 0 Å². The van der Waals surface area contributed by atoms with Gasteiger partial charge in [-0.2, -0.15) is 0 Å². The lowest BCUT2D eigenvalue weighted by Crippen LogP contribution is -1.89. The van der Waals surface area contributed by atoms with Gasteiger partial charge in [-0.3, -0.25) is 0 Å². The summed E-state index contributed by atoms with van der Waals surface area (Å²) in [7, 11) is 0. The topological polar surface area (TPSA) is 4.41 Å². The van der Waals surface area contributed by atoms with E-state index in [2.05, 4.69) is 97.2 Å². The Kier molecular flexibility index (Phi) is 3.27. The van der Waals surface area contributed by atoms with Crippen LogP contribution in [0.5, 0.6) is 0 Å². The van der Waals surface area contributed by atoms with Crippen molar-refractivity contribution >= 4 is 5.52 Å². The van der Waals surface area contributed by atoms with Gasteiger partial charge in [0.1, 0.15) is 0 Å². The molecule has 0 fully saturated rings. The number of pyridine rings is 1. The van der Waals surface area contributed by atoms with Crippen molar-refractivity contribution in [2.75, 3.05) is 0 Å². The van der Waals surface area contributed by atoms with E-state index in [1.54, 1.807) is 0 Å². The molecule has 0 atom stereocenters. The fourth-order valence-corrected chi connectivity index (χ4v) is 3.35. The monoisotopic (exact) mass is 297 g/mol. The molecule has 0 aliphatic heterocycles. The minimum absolute atomic E-state index is 1.25. The van der Waals surface area contributed by atoms with Gasteiger partial charge >= 0.3 is 0 Å². The largest absolute Gasteiger partial charge is 0.316 e. The zero-order chi connectivity index (χ0) is 15.8. The quantitative estimate of drug-likeness (QED) is 0.434. The number of nitrogens with zero attached hydrogens (tertiary/aromatic N) is 1. The molecule has 1 heteroatoms. The van der Waals surface area contributed by atoms with E-state index < -0.39 is 0 Å². The zero-order valence-corrected chi connectivity index (χ0v) is 13.5. The summed E-state index contributed by atoms with van der Waals surface area (Å²) in [6, 6.07) is 25.8. The highest BCUT2D eigenvalue weighted by atomic mass is 14.9. The smallest absolute Gasteiger partial charge is 0.0609 e. The molecule has 4 aromatic rings. The Morgan fingerprint density at radius 2 is 1.30 bits per heavy atom. The van der Waals surface area contributed by atoms with Crippen molar-refractivity contribution in [1.82, 2.24) is 4.40 Å². The van der Waals surface area contributed by atoms with Crippen LogP contribution in [0.2, 0.25) is 0 Å². The van der Waals surface area contributed by atoms with Crippen LogP contribution in [0.3, 0.4) is 0 Å². The summed E-state index contributed by atoms with van der Waals surface area (Å²) >= 11 is 0. The first-order valence-corrected chi connectivity index (χ1v) is 7.98. The molecule has 0 radical (unpaired) electrons. The van der Waals surface area contributed by atoms with Gasteiger partial charge in [0.2, 0.25) is 0 Å². The van der Waals surface area contributed by atoms with E-state index in [0.29, 0.717) is 0 Å². The Morgan fingerprint density at radius 1 is 0.696 bits per heavy atom. The third-order valence-corrected chi connectivity index (χ3v) is 4.46. The molecule has 0 aliphatic carbocycles. The first-order chi connectivity index (χ1) is 11.3. The average Bonchev–Trinajstić information content (AvgIpc) is 2.89. The molecular weight excluding hydrogens is 278 g/mol. The maximum atomic E-state index is 2.32. The van der Waals surface area contributed by atoms with Gasteiger partial charge in [0.15, 0.2) is 0 Å². The van der Waals surface area contributed by atoms with Crippen molar-refractivity contribution in [1.29, 1.82) is 0 Å². The number of rotatable bonds is 2. The highest BCUT2D eigenvalue weighted by Crippen LogP contribution is 2.38. The first kappa shape index (κ1) is 13.8. The van der Waals surface area contributed by atoms with E-state index in [1.807, 2.05) is 0 Å². The summed E-state index contributed by atoms with van der Waals surface area (Å²) in [5.41, 5.74) is 9.01. The molecule has 0 aliphatic rings. The van der Waals surface area contributed by atoms with Crippen LogP contribution in [-0.2, 0) is 0 Å². The molecule has 112 valence electrons. The maximum absolute atomic E-state index is 2.32. The molecule has 0 bridgehead atoms. The predicted molar refractivity (Wildman–Crippen MR) is 97.7 cm³/mol. The van der Waals surface area contributed by atoms with Crippen LogP contribution < -0.4 is 0 Å². The van der Waals surface area contributed by atoms with Crippen LogP contribution in [-0.4, -0.2) is 4.40 Å². The Bertz CT molecular complexity index is 963. The lowest BCUT2D eigenvalue weighted by Gasteiger charge is -2.08. The summed E-state index contributed by atoms with van der Waals surface area (Å²) in [6.45, 7) is 4.38. The van der Waals surface area contributed by atoms with Gasteiger partial charge in [0.25, 0.3) is 0 Å². The number of aryl methyl sites for hydroxylation is 2. The van der Waals surface area contributed by atoms with Crippen LogP contribution >= 0.6 is 0 Å². The van der Waals surface area contributed by atoms with Gasteiger partial charge in [-0.05, 0) is 48.2 Å². The molecule has 0 N–H and O–H groups in total. The molecule has 0 saturated heterocycles. The zero-order valence-electron chi connectivity index (χ0n) is 13.5. The predicted octanol–water partition coefficient (Wildman–Crippen LogP) is 5.89. The van der Waals surface area contributed by atoms with E-state index in [4.69, 9.17) is 0 Å². The van der Waals surface area contributed by atoms with Crippen molar-refractivity contribution < 1.29 is 0 Å². The summed E-state index contributed by atoms with van der Waals surface area (Å²) < 4.78 is 2.32. The van der Waals surface area contributed by atoms with Gasteiger partial charge in [0, 0.05) is 17.3 Å². The standard InChI is InChI=1S/C22H19N/c1-16-13-14-23-20(15-16)17(2)21(18-9-5-3-6-10-18)22(23)19-11-7-4-8-12-19/h3-15H,1-2H3. The molecule has 2 heterocycles. The van der Waals surface area contributed by atoms with Crippen molar-refractivity contribution in [3.8, 4) is 22.4 Å². The van der Waals surface area contributed by atoms with Gasteiger partial charge in [-0.25, -0.2) is 0 Å². The fourth-order valence-electron chi connectivity index (χ4n) is 3.35. The Hall–Kier alpha value is -2.80. The van der Waals surface area contributed by atoms with Crippen molar-refractivity contribution in [2.24, 2.45) is 0 Å².